The molecule has 0 aliphatic heterocycles. The molecule has 0 aliphatic carbocycles. The van der Waals surface area contributed by atoms with E-state index >= 15 is 0 Å². The molecule has 4 heterocycles. The van der Waals surface area contributed by atoms with Crippen molar-refractivity contribution in [1.29, 1.82) is 0 Å². The molecule has 0 bridgehead atoms. The number of rotatable bonds is 3. The summed E-state index contributed by atoms with van der Waals surface area (Å²) < 4.78 is 24.8. The van der Waals surface area contributed by atoms with Gasteiger partial charge in [0.15, 0.2) is 0 Å². The van der Waals surface area contributed by atoms with Crippen LogP contribution in [0.4, 0.5) is 0 Å². The summed E-state index contributed by atoms with van der Waals surface area (Å²) in [6.45, 7) is 9.88. The van der Waals surface area contributed by atoms with Gasteiger partial charge < -0.3 is 14.4 Å². The first kappa shape index (κ1) is 27.2. The van der Waals surface area contributed by atoms with Gasteiger partial charge >= 0.3 is 0 Å². The molecule has 0 unspecified atom stereocenters. The summed E-state index contributed by atoms with van der Waals surface area (Å²) in [7, 11) is 0. The minimum atomic E-state index is -1.49. The fourth-order valence-electron chi connectivity index (χ4n) is 4.85. The van der Waals surface area contributed by atoms with Crippen LogP contribution in [0.1, 0.15) is 39.5 Å². The van der Waals surface area contributed by atoms with Crippen LogP contribution < -0.4 is 0 Å². The Morgan fingerprint density at radius 2 is 1.74 bits per heavy atom. The van der Waals surface area contributed by atoms with Crippen LogP contribution >= 0.6 is 11.3 Å². The number of hydrogen-bond acceptors (Lipinski definition) is 4. The molecular formula is C37H32IrN2OS-2. The molecule has 0 N–H and O–H groups in total. The van der Waals surface area contributed by atoms with E-state index in [1.807, 2.05) is 82.4 Å². The van der Waals surface area contributed by atoms with Crippen LogP contribution in [0.3, 0.4) is 0 Å². The second kappa shape index (κ2) is 12.3. The molecule has 0 spiro atoms. The predicted octanol–water partition coefficient (Wildman–Crippen LogP) is 10.4. The molecule has 4 aromatic heterocycles. The topological polar surface area (TPSA) is 38.9 Å². The first-order valence-electron chi connectivity index (χ1n) is 14.6. The van der Waals surface area contributed by atoms with Gasteiger partial charge in [0, 0.05) is 50.2 Å². The Bertz CT molecular complexity index is 2060. The van der Waals surface area contributed by atoms with Gasteiger partial charge in [-0.05, 0) is 72.2 Å². The van der Waals surface area contributed by atoms with E-state index in [0.717, 1.165) is 38.8 Å². The molecule has 0 atom stereocenters. The monoisotopic (exact) mass is 747 g/mol. The predicted molar refractivity (Wildman–Crippen MR) is 172 cm³/mol. The quantitative estimate of drug-likeness (QED) is 0.169. The van der Waals surface area contributed by atoms with E-state index in [1.54, 1.807) is 23.6 Å². The van der Waals surface area contributed by atoms with E-state index in [2.05, 4.69) is 53.3 Å². The molecule has 1 radical (unpaired) electrons. The number of aromatic nitrogens is 2. The van der Waals surface area contributed by atoms with E-state index in [0.29, 0.717) is 11.3 Å². The Hall–Kier alpha value is -3.63. The van der Waals surface area contributed by atoms with Crippen molar-refractivity contribution in [3.8, 4) is 22.5 Å². The van der Waals surface area contributed by atoms with E-state index in [9.17, 15) is 0 Å². The average Bonchev–Trinajstić information content (AvgIpc) is 3.54. The molecule has 0 saturated carbocycles. The van der Waals surface area contributed by atoms with E-state index in [4.69, 9.17) is 7.16 Å². The normalized spacial score (nSPS) is 12.4. The minimum Gasteiger partial charge on any atom is -0.501 e. The number of furan rings is 1. The summed E-state index contributed by atoms with van der Waals surface area (Å²) in [5, 5.41) is 3.29. The van der Waals surface area contributed by atoms with Crippen LogP contribution in [0, 0.1) is 31.4 Å². The van der Waals surface area contributed by atoms with Gasteiger partial charge in [-0.3, -0.25) is 0 Å². The largest absolute Gasteiger partial charge is 0.501 e. The maximum Gasteiger partial charge on any atom is 0.121 e. The van der Waals surface area contributed by atoms with Crippen LogP contribution in [-0.2, 0) is 26.5 Å². The second-order valence-corrected chi connectivity index (χ2v) is 12.5. The molecule has 3 aromatic carbocycles. The Balaban J connectivity index is 0.000000230. The van der Waals surface area contributed by atoms with Crippen LogP contribution in [0.15, 0.2) is 95.7 Å². The van der Waals surface area contributed by atoms with Crippen molar-refractivity contribution in [3.05, 3.63) is 119 Å². The molecule has 42 heavy (non-hydrogen) atoms. The molecule has 0 fully saturated rings. The van der Waals surface area contributed by atoms with Crippen LogP contribution in [-0.4, -0.2) is 9.97 Å². The number of nitrogens with zero attached hydrogens (tertiary/aromatic N) is 2. The smallest absolute Gasteiger partial charge is 0.121 e. The zero-order valence-electron chi connectivity index (χ0n) is 26.2. The summed E-state index contributed by atoms with van der Waals surface area (Å²) in [5.74, 6) is 0. The van der Waals surface area contributed by atoms with Crippen molar-refractivity contribution in [1.82, 2.24) is 9.97 Å². The Morgan fingerprint density at radius 1 is 0.881 bits per heavy atom. The van der Waals surface area contributed by atoms with Crippen molar-refractivity contribution in [2.24, 2.45) is 5.41 Å². The molecule has 5 heteroatoms. The van der Waals surface area contributed by atoms with Gasteiger partial charge in [-0.15, -0.1) is 65.4 Å². The fraction of sp³-hybridized carbons (Fsp3) is 0.189. The zero-order valence-corrected chi connectivity index (χ0v) is 27.4. The van der Waals surface area contributed by atoms with Crippen molar-refractivity contribution >= 4 is 43.4 Å². The van der Waals surface area contributed by atoms with Crippen molar-refractivity contribution in [2.75, 3.05) is 0 Å². The van der Waals surface area contributed by atoms with Crippen LogP contribution in [0.25, 0.3) is 54.5 Å². The van der Waals surface area contributed by atoms with Gasteiger partial charge in [0.25, 0.3) is 0 Å². The number of thiophene rings is 1. The summed E-state index contributed by atoms with van der Waals surface area (Å²) in [4.78, 5) is 10.1. The Labute approximate surface area is 267 Å². The van der Waals surface area contributed by atoms with Gasteiger partial charge in [0.1, 0.15) is 5.58 Å². The number of fused-ring (bicyclic) bond motifs is 4. The number of pyridine rings is 2. The molecule has 0 amide bonds. The minimum absolute atomic E-state index is 0. The summed E-state index contributed by atoms with van der Waals surface area (Å²) in [6.07, 6.45) is 2.05. The Kier molecular flexibility index (Phi) is 7.98. The van der Waals surface area contributed by atoms with Crippen LogP contribution in [0.5, 0.6) is 0 Å². The standard InChI is InChI=1S/C25H22NOS.C12H10N.Ir/c1-15-10-17-12-22-20(13-23(17)28-15)18-6-5-7-19(24(18)27-22)21-11-16(8-9-26-21)14-25(2,3)4;1-10-7-8-12(13-9-10)11-5-3-2-4-6-11;/h5-6,8-13H,14H2,1-4H3;2-5,7-9H,1H3;/q2*-1;/i14D2;;. The third-order valence-corrected chi connectivity index (χ3v) is 7.64. The third kappa shape index (κ3) is 6.55. The van der Waals surface area contributed by atoms with Gasteiger partial charge in [0.05, 0.1) is 5.58 Å². The molecule has 0 aliphatic rings. The SMILES string of the molecule is Cc1ccc(-c2[c-]cccc2)nc1.[2H]C([2H])(c1ccnc(-c2[c-]ccc3c2oc2cc4cc(C)sc4cc23)c1)C(C)(C)C.[Ir]. The second-order valence-electron chi connectivity index (χ2n) is 11.2. The first-order valence-corrected chi connectivity index (χ1v) is 14.5. The van der Waals surface area contributed by atoms with Gasteiger partial charge in [-0.2, -0.15) is 0 Å². The molecule has 7 rings (SSSR count). The van der Waals surface area contributed by atoms with Crippen molar-refractivity contribution < 1.29 is 27.3 Å². The molecular weight excluding hydrogens is 713 g/mol. The molecule has 7 aromatic rings. The van der Waals surface area contributed by atoms with E-state index in [-0.39, 0.29) is 20.1 Å². The average molecular weight is 747 g/mol. The van der Waals surface area contributed by atoms with E-state index in [1.165, 1.54) is 20.5 Å². The van der Waals surface area contributed by atoms with Crippen LogP contribution in [0.2, 0.25) is 0 Å². The summed E-state index contributed by atoms with van der Waals surface area (Å²) >= 11 is 1.78. The summed E-state index contributed by atoms with van der Waals surface area (Å²) in [5.41, 5.74) is 6.29. The van der Waals surface area contributed by atoms with Gasteiger partial charge in [-0.1, -0.05) is 55.5 Å². The number of aryl methyl sites for hydroxylation is 2. The maximum absolute atomic E-state index is 8.62. The van der Waals surface area contributed by atoms with E-state index < -0.39 is 11.8 Å². The number of benzene rings is 3. The van der Waals surface area contributed by atoms with Gasteiger partial charge in [-0.25, -0.2) is 0 Å². The zero-order chi connectivity index (χ0) is 30.4. The van der Waals surface area contributed by atoms with Gasteiger partial charge in [0.2, 0.25) is 0 Å². The summed E-state index contributed by atoms with van der Waals surface area (Å²) in [6, 6.07) is 32.3. The van der Waals surface area contributed by atoms with Crippen molar-refractivity contribution in [3.63, 3.8) is 0 Å². The fourth-order valence-corrected chi connectivity index (χ4v) is 5.80. The maximum atomic E-state index is 8.62. The molecule has 3 nitrogen and oxygen atoms in total. The number of hydrogen-bond donors (Lipinski definition) is 0. The Morgan fingerprint density at radius 3 is 2.48 bits per heavy atom. The molecule has 213 valence electrons. The third-order valence-electron chi connectivity index (χ3n) is 6.63. The molecule has 0 saturated heterocycles. The van der Waals surface area contributed by atoms with Crippen molar-refractivity contribution in [2.45, 2.75) is 41.0 Å². The first-order chi connectivity index (χ1) is 20.5.